The van der Waals surface area contributed by atoms with Gasteiger partial charge in [-0.15, -0.1) is 12.4 Å². The molecule has 2 heterocycles. The van der Waals surface area contributed by atoms with E-state index >= 15 is 0 Å². The maximum absolute atomic E-state index is 4.58. The molecule has 98 valence electrons. The first-order valence-electron chi connectivity index (χ1n) is 6.22. The van der Waals surface area contributed by atoms with Crippen LogP contribution in [0.15, 0.2) is 24.3 Å². The van der Waals surface area contributed by atoms with E-state index in [-0.39, 0.29) is 12.4 Å². The predicted molar refractivity (Wildman–Crippen MR) is 81.0 cm³/mol. The lowest BCUT2D eigenvalue weighted by molar-refractivity contribution is 0.393. The highest BCUT2D eigenvalue weighted by Gasteiger charge is 2.13. The topological polar surface area (TPSA) is 37.0 Å². The first kappa shape index (κ1) is 13.6. The third kappa shape index (κ3) is 3.13. The van der Waals surface area contributed by atoms with E-state index in [1.54, 1.807) is 11.3 Å². The highest BCUT2D eigenvalue weighted by atomic mass is 35.5. The van der Waals surface area contributed by atoms with Crippen LogP contribution in [-0.2, 0) is 0 Å². The van der Waals surface area contributed by atoms with Crippen molar-refractivity contribution in [3.05, 3.63) is 24.3 Å². The summed E-state index contributed by atoms with van der Waals surface area (Å²) in [5, 5.41) is 7.96. The summed E-state index contributed by atoms with van der Waals surface area (Å²) >= 11 is 1.74. The van der Waals surface area contributed by atoms with E-state index in [1.807, 2.05) is 6.07 Å². The normalized spacial score (nSPS) is 19.4. The fourth-order valence-corrected chi connectivity index (χ4v) is 3.15. The summed E-state index contributed by atoms with van der Waals surface area (Å²) in [5.74, 6) is 0.746. The van der Waals surface area contributed by atoms with E-state index in [0.717, 1.165) is 29.7 Å². The van der Waals surface area contributed by atoms with Gasteiger partial charge in [0.1, 0.15) is 0 Å². The molecule has 2 aromatic rings. The standard InChI is InChI=1S/C13H17N3S.ClH/c1-2-6-12-11(5-1)16-13(17-12)15-9-10-4-3-7-14-8-10;/h1-2,5-6,10,14H,3-4,7-9H2,(H,15,16);1H. The van der Waals surface area contributed by atoms with Crippen LogP contribution in [0, 0.1) is 5.92 Å². The van der Waals surface area contributed by atoms with Crippen LogP contribution in [0.2, 0.25) is 0 Å². The molecular weight excluding hydrogens is 266 g/mol. The van der Waals surface area contributed by atoms with Crippen molar-refractivity contribution in [2.24, 2.45) is 5.92 Å². The molecule has 5 heteroatoms. The van der Waals surface area contributed by atoms with Crippen molar-refractivity contribution in [3.63, 3.8) is 0 Å². The number of piperidine rings is 1. The second-order valence-electron chi connectivity index (χ2n) is 4.58. The van der Waals surface area contributed by atoms with Crippen molar-refractivity contribution in [2.45, 2.75) is 12.8 Å². The number of hydrogen-bond donors (Lipinski definition) is 2. The molecule has 0 bridgehead atoms. The summed E-state index contributed by atoms with van der Waals surface area (Å²) in [6.45, 7) is 3.35. The predicted octanol–water partition coefficient (Wildman–Crippen LogP) is 3.13. The minimum Gasteiger partial charge on any atom is -0.361 e. The number of benzene rings is 1. The number of hydrogen-bond acceptors (Lipinski definition) is 4. The zero-order chi connectivity index (χ0) is 11.5. The van der Waals surface area contributed by atoms with Gasteiger partial charge in [0.05, 0.1) is 10.2 Å². The summed E-state index contributed by atoms with van der Waals surface area (Å²) in [5.41, 5.74) is 1.10. The highest BCUT2D eigenvalue weighted by molar-refractivity contribution is 7.22. The molecule has 3 rings (SSSR count). The Morgan fingerprint density at radius 2 is 2.28 bits per heavy atom. The molecule has 1 unspecified atom stereocenters. The maximum Gasteiger partial charge on any atom is 0.183 e. The van der Waals surface area contributed by atoms with Gasteiger partial charge in [-0.1, -0.05) is 23.5 Å². The fourth-order valence-electron chi connectivity index (χ4n) is 2.28. The molecule has 1 aliphatic rings. The SMILES string of the molecule is Cl.c1ccc2sc(NCC3CCCNC3)nc2c1. The smallest absolute Gasteiger partial charge is 0.183 e. The average molecular weight is 284 g/mol. The van der Waals surface area contributed by atoms with E-state index in [0.29, 0.717) is 0 Å². The van der Waals surface area contributed by atoms with Crippen LogP contribution in [0.4, 0.5) is 5.13 Å². The molecule has 0 radical (unpaired) electrons. The van der Waals surface area contributed by atoms with Crippen LogP contribution in [-0.4, -0.2) is 24.6 Å². The Balaban J connectivity index is 0.00000120. The lowest BCUT2D eigenvalue weighted by atomic mass is 10.00. The van der Waals surface area contributed by atoms with Gasteiger partial charge in [-0.05, 0) is 44.0 Å². The number of para-hydroxylation sites is 1. The molecule has 1 aliphatic heterocycles. The number of nitrogens with zero attached hydrogens (tertiary/aromatic N) is 1. The van der Waals surface area contributed by atoms with Gasteiger partial charge >= 0.3 is 0 Å². The van der Waals surface area contributed by atoms with E-state index in [1.165, 1.54) is 24.1 Å². The van der Waals surface area contributed by atoms with Crippen molar-refractivity contribution < 1.29 is 0 Å². The summed E-state index contributed by atoms with van der Waals surface area (Å²) in [4.78, 5) is 4.58. The molecule has 1 aromatic heterocycles. The summed E-state index contributed by atoms with van der Waals surface area (Å²) in [6.07, 6.45) is 2.62. The van der Waals surface area contributed by atoms with Crippen molar-refractivity contribution in [1.29, 1.82) is 0 Å². The van der Waals surface area contributed by atoms with Gasteiger partial charge in [0, 0.05) is 6.54 Å². The Kier molecular flexibility index (Phi) is 4.80. The van der Waals surface area contributed by atoms with Gasteiger partial charge in [0.25, 0.3) is 0 Å². The number of halogens is 1. The van der Waals surface area contributed by atoms with Gasteiger partial charge in [0.2, 0.25) is 0 Å². The first-order chi connectivity index (χ1) is 8.42. The Bertz CT molecular complexity index is 461. The molecule has 2 N–H and O–H groups in total. The lowest BCUT2D eigenvalue weighted by Crippen LogP contribution is -2.33. The largest absolute Gasteiger partial charge is 0.361 e. The van der Waals surface area contributed by atoms with Crippen LogP contribution in [0.1, 0.15) is 12.8 Å². The highest BCUT2D eigenvalue weighted by Crippen LogP contribution is 2.25. The minimum atomic E-state index is 0. The van der Waals surface area contributed by atoms with Gasteiger partial charge in [-0.2, -0.15) is 0 Å². The molecule has 1 fully saturated rings. The van der Waals surface area contributed by atoms with Crippen LogP contribution in [0.25, 0.3) is 10.2 Å². The second kappa shape index (κ2) is 6.36. The van der Waals surface area contributed by atoms with Gasteiger partial charge < -0.3 is 10.6 Å². The van der Waals surface area contributed by atoms with Gasteiger partial charge in [-0.3, -0.25) is 0 Å². The van der Waals surface area contributed by atoms with E-state index in [9.17, 15) is 0 Å². The Labute approximate surface area is 117 Å². The van der Waals surface area contributed by atoms with E-state index < -0.39 is 0 Å². The van der Waals surface area contributed by atoms with Crippen molar-refractivity contribution in [2.75, 3.05) is 25.0 Å². The fraction of sp³-hybridized carbons (Fsp3) is 0.462. The lowest BCUT2D eigenvalue weighted by Gasteiger charge is -2.22. The number of thiazole rings is 1. The summed E-state index contributed by atoms with van der Waals surface area (Å²) in [6, 6.07) is 8.30. The van der Waals surface area contributed by atoms with Crippen LogP contribution in [0.5, 0.6) is 0 Å². The van der Waals surface area contributed by atoms with Crippen molar-refractivity contribution in [3.8, 4) is 0 Å². The van der Waals surface area contributed by atoms with Crippen molar-refractivity contribution >= 4 is 39.1 Å². The zero-order valence-electron chi connectivity index (χ0n) is 10.2. The van der Waals surface area contributed by atoms with Gasteiger partial charge in [-0.25, -0.2) is 4.98 Å². The van der Waals surface area contributed by atoms with E-state index in [4.69, 9.17) is 0 Å². The monoisotopic (exact) mass is 283 g/mol. The molecule has 0 aliphatic carbocycles. The van der Waals surface area contributed by atoms with Crippen LogP contribution >= 0.6 is 23.7 Å². The molecule has 1 aromatic carbocycles. The molecule has 1 atom stereocenters. The number of fused-ring (bicyclic) bond motifs is 1. The molecule has 0 saturated carbocycles. The Morgan fingerprint density at radius 1 is 1.39 bits per heavy atom. The quantitative estimate of drug-likeness (QED) is 0.909. The maximum atomic E-state index is 4.58. The summed E-state index contributed by atoms with van der Waals surface area (Å²) < 4.78 is 1.26. The van der Waals surface area contributed by atoms with E-state index in [2.05, 4.69) is 33.8 Å². The third-order valence-corrected chi connectivity index (χ3v) is 4.23. The molecule has 3 nitrogen and oxygen atoms in total. The number of rotatable bonds is 3. The molecule has 0 spiro atoms. The van der Waals surface area contributed by atoms with Gasteiger partial charge in [0.15, 0.2) is 5.13 Å². The Morgan fingerprint density at radius 3 is 3.06 bits per heavy atom. The molecule has 0 amide bonds. The third-order valence-electron chi connectivity index (χ3n) is 3.23. The molecular formula is C13H18ClN3S. The molecule has 1 saturated heterocycles. The zero-order valence-corrected chi connectivity index (χ0v) is 11.8. The number of nitrogens with one attached hydrogen (secondary N) is 2. The Hall–Kier alpha value is -0.840. The molecule has 18 heavy (non-hydrogen) atoms. The van der Waals surface area contributed by atoms with Crippen molar-refractivity contribution in [1.82, 2.24) is 10.3 Å². The minimum absolute atomic E-state index is 0. The second-order valence-corrected chi connectivity index (χ2v) is 5.61. The van der Waals surface area contributed by atoms with Crippen LogP contribution < -0.4 is 10.6 Å². The number of aromatic nitrogens is 1. The summed E-state index contributed by atoms with van der Waals surface area (Å²) in [7, 11) is 0. The number of anilines is 1. The first-order valence-corrected chi connectivity index (χ1v) is 7.03. The van der Waals surface area contributed by atoms with Crippen LogP contribution in [0.3, 0.4) is 0 Å². The average Bonchev–Trinajstić information content (AvgIpc) is 2.80.